The summed E-state index contributed by atoms with van der Waals surface area (Å²) in [5.41, 5.74) is 0.190. The van der Waals surface area contributed by atoms with E-state index in [1.165, 1.54) is 6.07 Å². The molecule has 0 atom stereocenters. The molecular formula is C16H15BrFNO. The number of rotatable bonds is 3. The van der Waals surface area contributed by atoms with Crippen LogP contribution in [0.1, 0.15) is 29.8 Å². The summed E-state index contributed by atoms with van der Waals surface area (Å²) in [6.45, 7) is 3.56. The molecule has 0 radical (unpaired) electrons. The molecule has 0 bridgehead atoms. The Morgan fingerprint density at radius 2 is 1.70 bits per heavy atom. The summed E-state index contributed by atoms with van der Waals surface area (Å²) in [6, 6.07) is 13.6. The maximum Gasteiger partial charge on any atom is 0.253 e. The highest BCUT2D eigenvalue weighted by atomic mass is 79.9. The fourth-order valence-corrected chi connectivity index (χ4v) is 2.50. The van der Waals surface area contributed by atoms with Gasteiger partial charge in [0.05, 0.1) is 11.1 Å². The number of hydrogen-bond donors (Lipinski definition) is 1. The molecule has 1 amide bonds. The van der Waals surface area contributed by atoms with E-state index in [2.05, 4.69) is 21.2 Å². The molecule has 0 aliphatic carbocycles. The fourth-order valence-electron chi connectivity index (χ4n) is 2.03. The summed E-state index contributed by atoms with van der Waals surface area (Å²) in [7, 11) is 0. The molecule has 0 unspecified atom stereocenters. The number of benzene rings is 2. The summed E-state index contributed by atoms with van der Waals surface area (Å²) in [4.78, 5) is 12.3. The summed E-state index contributed by atoms with van der Waals surface area (Å²) in [5.74, 6) is -0.573. The van der Waals surface area contributed by atoms with Crippen LogP contribution in [0.25, 0.3) is 0 Å². The molecule has 0 saturated carbocycles. The first-order valence-electron chi connectivity index (χ1n) is 6.24. The predicted molar refractivity (Wildman–Crippen MR) is 81.0 cm³/mol. The van der Waals surface area contributed by atoms with E-state index in [0.717, 1.165) is 0 Å². The Labute approximate surface area is 126 Å². The third-order valence-electron chi connectivity index (χ3n) is 3.09. The molecule has 2 aromatic carbocycles. The van der Waals surface area contributed by atoms with Crippen molar-refractivity contribution in [3.05, 3.63) is 69.9 Å². The molecular weight excluding hydrogens is 321 g/mol. The second-order valence-corrected chi connectivity index (χ2v) is 5.89. The molecule has 104 valence electrons. The average molecular weight is 336 g/mol. The molecule has 0 aliphatic heterocycles. The molecule has 2 rings (SSSR count). The third-order valence-corrected chi connectivity index (χ3v) is 3.78. The van der Waals surface area contributed by atoms with Crippen molar-refractivity contribution in [3.63, 3.8) is 0 Å². The second-order valence-electron chi connectivity index (χ2n) is 5.04. The maximum absolute atomic E-state index is 13.9. The van der Waals surface area contributed by atoms with Crippen LogP contribution in [0.3, 0.4) is 0 Å². The van der Waals surface area contributed by atoms with Crippen LogP contribution in [0.2, 0.25) is 0 Å². The molecule has 20 heavy (non-hydrogen) atoms. The molecule has 0 heterocycles. The normalized spacial score (nSPS) is 11.2. The SMILES string of the molecule is CC(C)(NC(=O)c1ccccc1Br)c1ccccc1F. The van der Waals surface area contributed by atoms with Crippen LogP contribution >= 0.6 is 15.9 Å². The van der Waals surface area contributed by atoms with Gasteiger partial charge in [0, 0.05) is 10.0 Å². The van der Waals surface area contributed by atoms with Gasteiger partial charge in [-0.25, -0.2) is 4.39 Å². The van der Waals surface area contributed by atoms with Crippen molar-refractivity contribution in [2.75, 3.05) is 0 Å². The summed E-state index contributed by atoms with van der Waals surface area (Å²) in [6.07, 6.45) is 0. The summed E-state index contributed by atoms with van der Waals surface area (Å²) < 4.78 is 14.6. The van der Waals surface area contributed by atoms with E-state index >= 15 is 0 Å². The summed E-state index contributed by atoms with van der Waals surface area (Å²) >= 11 is 3.34. The zero-order valence-corrected chi connectivity index (χ0v) is 12.9. The van der Waals surface area contributed by atoms with Gasteiger partial charge in [0.1, 0.15) is 5.82 Å². The van der Waals surface area contributed by atoms with Crippen LogP contribution in [0.5, 0.6) is 0 Å². The van der Waals surface area contributed by atoms with E-state index in [0.29, 0.717) is 15.6 Å². The lowest BCUT2D eigenvalue weighted by Crippen LogP contribution is -2.41. The number of hydrogen-bond acceptors (Lipinski definition) is 1. The second kappa shape index (κ2) is 5.75. The van der Waals surface area contributed by atoms with Crippen molar-refractivity contribution in [2.24, 2.45) is 0 Å². The molecule has 0 aliphatic rings. The van der Waals surface area contributed by atoms with Crippen LogP contribution in [0.4, 0.5) is 4.39 Å². The van der Waals surface area contributed by atoms with E-state index in [-0.39, 0.29) is 11.7 Å². The van der Waals surface area contributed by atoms with Gasteiger partial charge in [-0.2, -0.15) is 0 Å². The number of nitrogens with one attached hydrogen (secondary N) is 1. The van der Waals surface area contributed by atoms with Gasteiger partial charge in [-0.05, 0) is 48.0 Å². The Morgan fingerprint density at radius 3 is 2.35 bits per heavy atom. The number of amides is 1. The smallest absolute Gasteiger partial charge is 0.253 e. The Kier molecular flexibility index (Phi) is 4.23. The highest BCUT2D eigenvalue weighted by Gasteiger charge is 2.26. The topological polar surface area (TPSA) is 29.1 Å². The van der Waals surface area contributed by atoms with Crippen molar-refractivity contribution in [1.82, 2.24) is 5.32 Å². The van der Waals surface area contributed by atoms with Crippen LogP contribution in [-0.4, -0.2) is 5.91 Å². The highest BCUT2D eigenvalue weighted by Crippen LogP contribution is 2.24. The molecule has 0 fully saturated rings. The van der Waals surface area contributed by atoms with Gasteiger partial charge in [0.15, 0.2) is 0 Å². The maximum atomic E-state index is 13.9. The molecule has 2 aromatic rings. The lowest BCUT2D eigenvalue weighted by molar-refractivity contribution is 0.0910. The van der Waals surface area contributed by atoms with E-state index in [4.69, 9.17) is 0 Å². The van der Waals surface area contributed by atoms with Crippen LogP contribution in [-0.2, 0) is 5.54 Å². The van der Waals surface area contributed by atoms with Crippen molar-refractivity contribution in [2.45, 2.75) is 19.4 Å². The predicted octanol–water partition coefficient (Wildman–Crippen LogP) is 4.25. The Bertz CT molecular complexity index is 640. The van der Waals surface area contributed by atoms with E-state index < -0.39 is 5.54 Å². The Hall–Kier alpha value is -1.68. The minimum atomic E-state index is -0.794. The zero-order chi connectivity index (χ0) is 14.8. The minimum absolute atomic E-state index is 0.245. The van der Waals surface area contributed by atoms with Crippen molar-refractivity contribution in [3.8, 4) is 0 Å². The van der Waals surface area contributed by atoms with Gasteiger partial charge in [-0.15, -0.1) is 0 Å². The van der Waals surface area contributed by atoms with Gasteiger partial charge in [-0.1, -0.05) is 30.3 Å². The molecule has 0 aromatic heterocycles. The Balaban J connectivity index is 2.27. The number of carbonyl (C=O) groups excluding carboxylic acids is 1. The minimum Gasteiger partial charge on any atom is -0.343 e. The van der Waals surface area contributed by atoms with Crippen molar-refractivity contribution in [1.29, 1.82) is 0 Å². The number of halogens is 2. The third kappa shape index (κ3) is 3.07. The lowest BCUT2D eigenvalue weighted by atomic mass is 9.93. The van der Waals surface area contributed by atoms with Gasteiger partial charge in [-0.3, -0.25) is 4.79 Å². The van der Waals surface area contributed by atoms with E-state index in [1.807, 2.05) is 6.07 Å². The lowest BCUT2D eigenvalue weighted by Gasteiger charge is -2.27. The van der Waals surface area contributed by atoms with Crippen LogP contribution < -0.4 is 5.32 Å². The molecule has 4 heteroatoms. The first-order valence-corrected chi connectivity index (χ1v) is 7.03. The molecule has 0 spiro atoms. The van der Waals surface area contributed by atoms with Gasteiger partial charge in [0.2, 0.25) is 0 Å². The standard InChI is InChI=1S/C16H15BrFNO/c1-16(2,12-8-4-6-10-14(12)18)19-15(20)11-7-3-5-9-13(11)17/h3-10H,1-2H3,(H,19,20). The fraction of sp³-hybridized carbons (Fsp3) is 0.188. The first kappa shape index (κ1) is 14.7. The molecule has 2 nitrogen and oxygen atoms in total. The quantitative estimate of drug-likeness (QED) is 0.892. The molecule has 0 saturated heterocycles. The molecule has 1 N–H and O–H groups in total. The monoisotopic (exact) mass is 335 g/mol. The van der Waals surface area contributed by atoms with E-state index in [9.17, 15) is 9.18 Å². The Morgan fingerprint density at radius 1 is 1.10 bits per heavy atom. The van der Waals surface area contributed by atoms with Gasteiger partial charge in [0.25, 0.3) is 5.91 Å². The first-order chi connectivity index (χ1) is 9.42. The highest BCUT2D eigenvalue weighted by molar-refractivity contribution is 9.10. The van der Waals surface area contributed by atoms with Crippen LogP contribution in [0.15, 0.2) is 53.0 Å². The van der Waals surface area contributed by atoms with Crippen molar-refractivity contribution >= 4 is 21.8 Å². The van der Waals surface area contributed by atoms with E-state index in [1.54, 1.807) is 50.2 Å². The zero-order valence-electron chi connectivity index (χ0n) is 11.3. The van der Waals surface area contributed by atoms with Crippen molar-refractivity contribution < 1.29 is 9.18 Å². The van der Waals surface area contributed by atoms with Gasteiger partial charge >= 0.3 is 0 Å². The van der Waals surface area contributed by atoms with Gasteiger partial charge < -0.3 is 5.32 Å². The average Bonchev–Trinajstić information content (AvgIpc) is 2.38. The largest absolute Gasteiger partial charge is 0.343 e. The number of carbonyl (C=O) groups is 1. The summed E-state index contributed by atoms with van der Waals surface area (Å²) in [5, 5.41) is 2.86. The van der Waals surface area contributed by atoms with Crippen LogP contribution in [0, 0.1) is 5.82 Å².